The first kappa shape index (κ1) is 16.4. The van der Waals surface area contributed by atoms with Crippen molar-refractivity contribution in [3.63, 3.8) is 0 Å². The highest BCUT2D eigenvalue weighted by atomic mass is 31.1. The summed E-state index contributed by atoms with van der Waals surface area (Å²) in [6, 6.07) is 19.7. The first-order valence-corrected chi connectivity index (χ1v) is 8.29. The highest BCUT2D eigenvalue weighted by Gasteiger charge is 2.03. The van der Waals surface area contributed by atoms with Gasteiger partial charge < -0.3 is 4.89 Å². The van der Waals surface area contributed by atoms with E-state index in [1.165, 1.54) is 5.56 Å². The third-order valence-electron chi connectivity index (χ3n) is 3.59. The summed E-state index contributed by atoms with van der Waals surface area (Å²) in [5, 5.41) is 0. The zero-order chi connectivity index (χ0) is 15.9. The topological polar surface area (TPSA) is 40.1 Å². The van der Waals surface area contributed by atoms with Gasteiger partial charge in [-0.2, -0.15) is 0 Å². The Kier molecular flexibility index (Phi) is 5.83. The van der Waals surface area contributed by atoms with Crippen LogP contribution in [0.4, 0.5) is 0 Å². The number of hydrogen-bond donors (Lipinski definition) is 0. The van der Waals surface area contributed by atoms with Crippen LogP contribution in [-0.2, 0) is 11.0 Å². The Morgan fingerprint density at radius 2 is 1.55 bits per heavy atom. The lowest BCUT2D eigenvalue weighted by atomic mass is 9.94. The Hall–Kier alpha value is -2.02. The van der Waals surface area contributed by atoms with Crippen LogP contribution in [0.3, 0.4) is 0 Å². The van der Waals surface area contributed by atoms with E-state index in [1.807, 2.05) is 62.4 Å². The molecule has 0 N–H and O–H groups in total. The molecule has 2 aromatic carbocycles. The van der Waals surface area contributed by atoms with Crippen molar-refractivity contribution in [1.29, 1.82) is 0 Å². The maximum absolute atomic E-state index is 11.2. The molecule has 0 aliphatic rings. The molecule has 0 bridgehead atoms. The molecule has 0 aliphatic carbocycles. The van der Waals surface area contributed by atoms with Gasteiger partial charge in [0.05, 0.1) is 5.82 Å². The third kappa shape index (κ3) is 4.49. The van der Waals surface area contributed by atoms with Gasteiger partial charge in [0, 0.05) is 0 Å². The minimum absolute atomic E-state index is 0.644. The van der Waals surface area contributed by atoms with Gasteiger partial charge >= 0.3 is 0 Å². The van der Waals surface area contributed by atoms with Crippen LogP contribution in [0.1, 0.15) is 25.0 Å². The summed E-state index contributed by atoms with van der Waals surface area (Å²) in [5.41, 5.74) is 4.80. The van der Waals surface area contributed by atoms with Crippen LogP contribution in [0.15, 0.2) is 71.8 Å². The average Bonchev–Trinajstić information content (AvgIpc) is 2.53. The van der Waals surface area contributed by atoms with Crippen molar-refractivity contribution in [2.24, 2.45) is 0 Å². The summed E-state index contributed by atoms with van der Waals surface area (Å²) in [6.45, 7) is 3.98. The normalized spacial score (nSPS) is 13.6. The van der Waals surface area contributed by atoms with Gasteiger partial charge in [0.15, 0.2) is 0 Å². The number of allylic oxidation sites excluding steroid dienone is 3. The predicted molar refractivity (Wildman–Crippen MR) is 89.2 cm³/mol. The van der Waals surface area contributed by atoms with Crippen LogP contribution in [0.2, 0.25) is 0 Å². The summed E-state index contributed by atoms with van der Waals surface area (Å²) >= 11 is 0. The molecular formula is C19H18O2P-. The average molecular weight is 309 g/mol. The fourth-order valence-electron chi connectivity index (χ4n) is 2.31. The van der Waals surface area contributed by atoms with Gasteiger partial charge in [-0.15, -0.1) is 34.4 Å². The third-order valence-corrected chi connectivity index (χ3v) is 4.00. The molecule has 0 aromatic heterocycles. The van der Waals surface area contributed by atoms with Crippen molar-refractivity contribution in [3.8, 4) is 0 Å². The maximum Gasteiger partial charge on any atom is 0.279 e. The Morgan fingerprint density at radius 3 is 2.09 bits per heavy atom. The van der Waals surface area contributed by atoms with E-state index in [-0.39, 0.29) is 0 Å². The molecule has 1 unspecified atom stereocenters. The molecule has 0 saturated heterocycles. The predicted octanol–water partition coefficient (Wildman–Crippen LogP) is 4.51. The Labute approximate surface area is 132 Å². The van der Waals surface area contributed by atoms with Crippen molar-refractivity contribution < 1.29 is 9.46 Å². The molecule has 0 heterocycles. The Bertz CT molecular complexity index is 701. The zero-order valence-electron chi connectivity index (χ0n) is 12.7. The van der Waals surface area contributed by atoms with Gasteiger partial charge in [0.2, 0.25) is 0 Å². The zero-order valence-corrected chi connectivity index (χ0v) is 13.6. The van der Waals surface area contributed by atoms with E-state index in [0.717, 1.165) is 23.1 Å². The maximum atomic E-state index is 11.2. The monoisotopic (exact) mass is 309 g/mol. The smallest absolute Gasteiger partial charge is 0.279 e. The summed E-state index contributed by atoms with van der Waals surface area (Å²) in [4.78, 5) is 11.2. The Morgan fingerprint density at radius 1 is 1.00 bits per heavy atom. The second kappa shape index (κ2) is 7.84. The fraction of sp³-hybridized carbons (Fsp3) is 0.158. The van der Waals surface area contributed by atoms with Crippen LogP contribution >= 0.6 is 8.03 Å². The molecule has 22 heavy (non-hydrogen) atoms. The second-order valence-corrected chi connectivity index (χ2v) is 5.92. The molecule has 0 spiro atoms. The van der Waals surface area contributed by atoms with E-state index in [1.54, 1.807) is 0 Å². The Balaban J connectivity index is 2.38. The second-order valence-electron chi connectivity index (χ2n) is 5.18. The van der Waals surface area contributed by atoms with Crippen LogP contribution in [0.25, 0.3) is 5.57 Å². The van der Waals surface area contributed by atoms with Gasteiger partial charge in [-0.1, -0.05) is 66.9 Å². The highest BCUT2D eigenvalue weighted by Crippen LogP contribution is 2.30. The first-order valence-electron chi connectivity index (χ1n) is 7.12. The largest absolute Gasteiger partial charge is 0.602 e. The molecule has 2 aromatic rings. The van der Waals surface area contributed by atoms with E-state index >= 15 is 0 Å². The minimum Gasteiger partial charge on any atom is -0.602 e. The lowest BCUT2D eigenvalue weighted by molar-refractivity contribution is -0.161. The van der Waals surface area contributed by atoms with Crippen molar-refractivity contribution in [2.45, 2.75) is 20.3 Å². The minimum atomic E-state index is -2.70. The van der Waals surface area contributed by atoms with E-state index in [4.69, 9.17) is 0 Å². The highest BCUT2D eigenvalue weighted by molar-refractivity contribution is 7.38. The summed E-state index contributed by atoms with van der Waals surface area (Å²) in [5.74, 6) is 2.58. The summed E-state index contributed by atoms with van der Waals surface area (Å²) in [7, 11) is -2.70. The molecule has 1 atom stereocenters. The standard InChI is InChI=1S/C19H18O2P/c1-15(13-17-9-5-3-6-10-17)16(2)19(14-22(20)21)18-11-7-4-8-12-18/h3-12H,13H2,1-2H3/q-1. The van der Waals surface area contributed by atoms with Crippen LogP contribution in [-0.4, -0.2) is 0 Å². The molecule has 3 heteroatoms. The quantitative estimate of drug-likeness (QED) is 0.463. The van der Waals surface area contributed by atoms with Crippen molar-refractivity contribution in [1.82, 2.24) is 0 Å². The van der Waals surface area contributed by atoms with E-state index in [9.17, 15) is 9.46 Å². The lowest BCUT2D eigenvalue weighted by Crippen LogP contribution is -1.95. The molecule has 0 aliphatic heterocycles. The van der Waals surface area contributed by atoms with Crippen molar-refractivity contribution >= 4 is 13.6 Å². The van der Waals surface area contributed by atoms with Crippen LogP contribution in [0.5, 0.6) is 0 Å². The van der Waals surface area contributed by atoms with E-state index in [0.29, 0.717) is 5.57 Å². The van der Waals surface area contributed by atoms with Crippen molar-refractivity contribution in [2.75, 3.05) is 0 Å². The van der Waals surface area contributed by atoms with Crippen LogP contribution < -0.4 is 4.89 Å². The summed E-state index contributed by atoms with van der Waals surface area (Å²) < 4.78 is 11.2. The first-order chi connectivity index (χ1) is 10.6. The SMILES string of the molecule is CC(Cc1ccccc1)=C(C)C(=[C-][P+](=O)[O-])c1ccccc1. The van der Waals surface area contributed by atoms with Gasteiger partial charge in [0.1, 0.15) is 0 Å². The molecule has 112 valence electrons. The molecule has 0 fully saturated rings. The number of hydrogen-bond acceptors (Lipinski definition) is 2. The van der Waals surface area contributed by atoms with E-state index < -0.39 is 8.03 Å². The fourth-order valence-corrected chi connectivity index (χ4v) is 2.79. The molecule has 0 saturated carbocycles. The summed E-state index contributed by atoms with van der Waals surface area (Å²) in [6.07, 6.45) is 0.792. The number of benzene rings is 2. The van der Waals surface area contributed by atoms with Crippen LogP contribution in [0, 0.1) is 5.82 Å². The lowest BCUT2D eigenvalue weighted by Gasteiger charge is -2.20. The molecule has 0 amide bonds. The van der Waals surface area contributed by atoms with E-state index in [2.05, 4.69) is 17.9 Å². The molecule has 2 nitrogen and oxygen atoms in total. The number of rotatable bonds is 5. The molecular weight excluding hydrogens is 291 g/mol. The molecule has 0 radical (unpaired) electrons. The van der Waals surface area contributed by atoms with Gasteiger partial charge in [0.25, 0.3) is 8.03 Å². The van der Waals surface area contributed by atoms with Gasteiger partial charge in [-0.25, -0.2) is 0 Å². The molecule has 2 rings (SSSR count). The van der Waals surface area contributed by atoms with Gasteiger partial charge in [-0.3, -0.25) is 0 Å². The van der Waals surface area contributed by atoms with Gasteiger partial charge in [-0.05, 0) is 12.0 Å². The van der Waals surface area contributed by atoms with Crippen molar-refractivity contribution in [3.05, 3.63) is 88.8 Å².